The molecule has 5 rings (SSSR count). The zero-order valence-electron chi connectivity index (χ0n) is 21.0. The summed E-state index contributed by atoms with van der Waals surface area (Å²) in [7, 11) is 0. The zero-order chi connectivity index (χ0) is 27.4. The van der Waals surface area contributed by atoms with Crippen molar-refractivity contribution in [3.8, 4) is 5.75 Å². The van der Waals surface area contributed by atoms with Crippen LogP contribution >= 0.6 is 0 Å². The van der Waals surface area contributed by atoms with Crippen molar-refractivity contribution in [3.63, 3.8) is 0 Å². The van der Waals surface area contributed by atoms with Crippen LogP contribution in [0.5, 0.6) is 5.75 Å². The number of hydrogen-bond donors (Lipinski definition) is 4. The van der Waals surface area contributed by atoms with E-state index in [1.165, 1.54) is 12.1 Å². The predicted molar refractivity (Wildman–Crippen MR) is 146 cm³/mol. The van der Waals surface area contributed by atoms with Crippen molar-refractivity contribution in [2.45, 2.75) is 18.9 Å². The highest BCUT2D eigenvalue weighted by Crippen LogP contribution is 2.31. The lowest BCUT2D eigenvalue weighted by Gasteiger charge is -2.13. The van der Waals surface area contributed by atoms with Crippen molar-refractivity contribution >= 4 is 28.8 Å². The maximum Gasteiger partial charge on any atom is 0.255 e. The molecule has 0 aliphatic heterocycles. The number of rotatable bonds is 8. The lowest BCUT2D eigenvalue weighted by atomic mass is 9.98. The van der Waals surface area contributed by atoms with Crippen LogP contribution in [0.15, 0.2) is 84.9 Å². The van der Waals surface area contributed by atoms with E-state index in [1.807, 2.05) is 12.1 Å². The van der Waals surface area contributed by atoms with Gasteiger partial charge in [0.1, 0.15) is 24.3 Å². The Morgan fingerprint density at radius 2 is 1.64 bits per heavy atom. The number of carbonyl (C=O) groups excluding carboxylic acids is 2. The molecule has 198 valence electrons. The summed E-state index contributed by atoms with van der Waals surface area (Å²) in [5.41, 5.74) is 4.69. The van der Waals surface area contributed by atoms with Crippen molar-refractivity contribution in [2.24, 2.45) is 0 Å². The highest BCUT2D eigenvalue weighted by molar-refractivity contribution is 6.11. The van der Waals surface area contributed by atoms with E-state index < -0.39 is 24.4 Å². The monoisotopic (exact) mass is 526 g/mol. The molecule has 4 N–H and O–H groups in total. The molecule has 1 amide bonds. The fourth-order valence-electron chi connectivity index (χ4n) is 4.48. The van der Waals surface area contributed by atoms with Gasteiger partial charge >= 0.3 is 0 Å². The van der Waals surface area contributed by atoms with Gasteiger partial charge in [-0.3, -0.25) is 9.59 Å². The van der Waals surface area contributed by atoms with Gasteiger partial charge < -0.3 is 25.6 Å². The van der Waals surface area contributed by atoms with Crippen molar-refractivity contribution in [2.75, 3.05) is 23.8 Å². The van der Waals surface area contributed by atoms with Gasteiger partial charge in [0, 0.05) is 28.1 Å². The first-order valence-electron chi connectivity index (χ1n) is 12.6. The maximum atomic E-state index is 14.4. The van der Waals surface area contributed by atoms with Crippen LogP contribution < -0.4 is 15.4 Å². The summed E-state index contributed by atoms with van der Waals surface area (Å²) in [6, 6.07) is 23.7. The SMILES string of the molecule is O=C(Nc1cc(Nc2ccc3c(c2)CCc2ccc(OC[C@H](O)CO)cc2C3=O)ccc1F)c1ccccc1. The fraction of sp³-hybridized carbons (Fsp3) is 0.161. The van der Waals surface area contributed by atoms with Gasteiger partial charge in [-0.05, 0) is 84.6 Å². The highest BCUT2D eigenvalue weighted by atomic mass is 19.1. The second-order valence-electron chi connectivity index (χ2n) is 9.31. The average Bonchev–Trinajstić information content (AvgIpc) is 3.09. The number of anilines is 3. The normalized spacial score (nSPS) is 13.1. The number of aliphatic hydroxyl groups is 2. The van der Waals surface area contributed by atoms with E-state index in [-0.39, 0.29) is 18.1 Å². The number of amides is 1. The smallest absolute Gasteiger partial charge is 0.255 e. The Kier molecular flexibility index (Phi) is 7.67. The lowest BCUT2D eigenvalue weighted by molar-refractivity contribution is 0.0536. The van der Waals surface area contributed by atoms with Gasteiger partial charge in [-0.2, -0.15) is 0 Å². The number of aliphatic hydroxyl groups excluding tert-OH is 2. The first kappa shape index (κ1) is 26.1. The molecule has 0 saturated carbocycles. The van der Waals surface area contributed by atoms with E-state index in [1.54, 1.807) is 60.7 Å². The van der Waals surface area contributed by atoms with Gasteiger partial charge in [-0.1, -0.05) is 24.3 Å². The summed E-state index contributed by atoms with van der Waals surface area (Å²) >= 11 is 0. The number of hydrogen-bond acceptors (Lipinski definition) is 6. The largest absolute Gasteiger partial charge is 0.491 e. The maximum absolute atomic E-state index is 14.4. The fourth-order valence-corrected chi connectivity index (χ4v) is 4.48. The Balaban J connectivity index is 1.33. The van der Waals surface area contributed by atoms with Crippen LogP contribution in [0.3, 0.4) is 0 Å². The third-order valence-corrected chi connectivity index (χ3v) is 6.53. The molecule has 0 bridgehead atoms. The molecule has 0 fully saturated rings. The number of nitrogens with one attached hydrogen (secondary N) is 2. The summed E-state index contributed by atoms with van der Waals surface area (Å²) in [5.74, 6) is -0.634. The molecule has 4 aromatic carbocycles. The number of aryl methyl sites for hydroxylation is 2. The van der Waals surface area contributed by atoms with Crippen LogP contribution in [0.2, 0.25) is 0 Å². The molecule has 0 saturated heterocycles. The van der Waals surface area contributed by atoms with E-state index in [9.17, 15) is 19.1 Å². The van der Waals surface area contributed by atoms with Crippen LogP contribution in [-0.4, -0.2) is 41.2 Å². The summed E-state index contributed by atoms with van der Waals surface area (Å²) in [5, 5.41) is 24.4. The van der Waals surface area contributed by atoms with Crippen LogP contribution in [0.25, 0.3) is 0 Å². The van der Waals surface area contributed by atoms with Crippen molar-refractivity contribution in [1.29, 1.82) is 0 Å². The quantitative estimate of drug-likeness (QED) is 0.261. The van der Waals surface area contributed by atoms with Crippen LogP contribution in [-0.2, 0) is 12.8 Å². The third kappa shape index (κ3) is 5.98. The van der Waals surface area contributed by atoms with Gasteiger partial charge in [-0.15, -0.1) is 0 Å². The van der Waals surface area contributed by atoms with Gasteiger partial charge in [-0.25, -0.2) is 4.39 Å². The van der Waals surface area contributed by atoms with Crippen LogP contribution in [0.4, 0.5) is 21.5 Å². The third-order valence-electron chi connectivity index (χ3n) is 6.53. The number of carbonyl (C=O) groups is 2. The minimum absolute atomic E-state index is 0.0544. The van der Waals surface area contributed by atoms with Crippen LogP contribution in [0.1, 0.15) is 37.4 Å². The molecule has 7 nitrogen and oxygen atoms in total. The summed E-state index contributed by atoms with van der Waals surface area (Å²) in [4.78, 5) is 25.9. The predicted octanol–water partition coefficient (Wildman–Crippen LogP) is 4.88. The molecule has 1 aliphatic carbocycles. The average molecular weight is 527 g/mol. The van der Waals surface area contributed by atoms with E-state index in [2.05, 4.69) is 10.6 Å². The number of halogens is 1. The van der Waals surface area contributed by atoms with Crippen molar-refractivity contribution in [1.82, 2.24) is 0 Å². The Morgan fingerprint density at radius 1 is 0.897 bits per heavy atom. The van der Waals surface area contributed by atoms with E-state index in [0.29, 0.717) is 41.0 Å². The summed E-state index contributed by atoms with van der Waals surface area (Å²) in [6.45, 7) is -0.481. The molecule has 0 heterocycles. The molecular formula is C31H27FN2O5. The van der Waals surface area contributed by atoms with Crippen LogP contribution in [0, 0.1) is 5.82 Å². The minimum Gasteiger partial charge on any atom is -0.491 e. The van der Waals surface area contributed by atoms with Crippen molar-refractivity contribution < 1.29 is 28.9 Å². The Hall–Kier alpha value is -4.53. The Morgan fingerprint density at radius 3 is 2.44 bits per heavy atom. The summed E-state index contributed by atoms with van der Waals surface area (Å²) in [6.07, 6.45) is 0.307. The molecular weight excluding hydrogens is 499 g/mol. The Bertz CT molecular complexity index is 1520. The first-order chi connectivity index (χ1) is 18.9. The van der Waals surface area contributed by atoms with E-state index >= 15 is 0 Å². The lowest BCUT2D eigenvalue weighted by Crippen LogP contribution is -2.21. The van der Waals surface area contributed by atoms with Gasteiger partial charge in [0.05, 0.1) is 12.3 Å². The standard InChI is InChI=1S/C31H27FN2O5/c32-28-13-10-23(15-29(28)34-31(38)20-4-2-1-3-5-20)33-22-9-12-26-21(14-22)7-6-19-8-11-25(16-27(19)30(26)37)39-18-24(36)17-35/h1-5,8-16,24,33,35-36H,6-7,17-18H2,(H,34,38)/t24-/m1/s1. The summed E-state index contributed by atoms with van der Waals surface area (Å²) < 4.78 is 20.0. The molecule has 0 radical (unpaired) electrons. The molecule has 0 unspecified atom stereocenters. The molecule has 1 atom stereocenters. The molecule has 0 spiro atoms. The minimum atomic E-state index is -0.997. The highest BCUT2D eigenvalue weighted by Gasteiger charge is 2.22. The van der Waals surface area contributed by atoms with Gasteiger partial charge in [0.15, 0.2) is 5.78 Å². The first-order valence-corrected chi connectivity index (χ1v) is 12.6. The van der Waals surface area contributed by atoms with E-state index in [4.69, 9.17) is 9.84 Å². The molecule has 8 heteroatoms. The van der Waals surface area contributed by atoms with E-state index in [0.717, 1.165) is 16.8 Å². The van der Waals surface area contributed by atoms with Gasteiger partial charge in [0.2, 0.25) is 0 Å². The second-order valence-corrected chi connectivity index (χ2v) is 9.31. The number of ketones is 1. The molecule has 0 aromatic heterocycles. The number of fused-ring (bicyclic) bond motifs is 2. The topological polar surface area (TPSA) is 108 Å². The molecule has 1 aliphatic rings. The Labute approximate surface area is 224 Å². The molecule has 39 heavy (non-hydrogen) atoms. The molecule has 4 aromatic rings. The second kappa shape index (κ2) is 11.5. The zero-order valence-corrected chi connectivity index (χ0v) is 21.0. The number of benzene rings is 4. The van der Waals surface area contributed by atoms with Gasteiger partial charge in [0.25, 0.3) is 5.91 Å². The van der Waals surface area contributed by atoms with Crippen molar-refractivity contribution in [3.05, 3.63) is 119 Å². The number of ether oxygens (including phenoxy) is 1.